The number of hydrogen-bond acceptors (Lipinski definition) is 4. The third-order valence-corrected chi connectivity index (χ3v) is 4.92. The first-order valence-electron chi connectivity index (χ1n) is 8.17. The number of amides is 1. The number of piperidine rings is 2. The number of nitrogens with zero attached hydrogens (tertiary/aromatic N) is 2. The number of carbonyl (C=O) groups excluding carboxylic acids is 1. The molecule has 0 saturated carbocycles. The van der Waals surface area contributed by atoms with Gasteiger partial charge in [0.15, 0.2) is 0 Å². The number of carbonyl (C=O) groups is 1. The molecule has 0 aromatic rings. The Labute approximate surface area is 121 Å². The van der Waals surface area contributed by atoms with Crippen molar-refractivity contribution in [1.82, 2.24) is 15.1 Å². The Morgan fingerprint density at radius 1 is 1.10 bits per heavy atom. The number of hydrogen-bond donors (Lipinski definition) is 1. The predicted molar refractivity (Wildman–Crippen MR) is 77.6 cm³/mol. The number of fused-ring (bicyclic) bond motifs is 1. The average molecular weight is 281 g/mol. The largest absolute Gasteiger partial charge is 0.368 e. The summed E-state index contributed by atoms with van der Waals surface area (Å²) in [7, 11) is 0. The molecule has 0 aromatic heterocycles. The van der Waals surface area contributed by atoms with Gasteiger partial charge in [0.25, 0.3) is 0 Å². The highest BCUT2D eigenvalue weighted by atomic mass is 16.5. The molecule has 114 valence electrons. The summed E-state index contributed by atoms with van der Waals surface area (Å²) in [4.78, 5) is 16.9. The van der Waals surface area contributed by atoms with E-state index in [2.05, 4.69) is 10.2 Å². The van der Waals surface area contributed by atoms with Crippen molar-refractivity contribution in [3.63, 3.8) is 0 Å². The van der Waals surface area contributed by atoms with Crippen LogP contribution in [-0.2, 0) is 9.53 Å². The first kappa shape index (κ1) is 14.3. The molecule has 1 N–H and O–H groups in total. The third-order valence-electron chi connectivity index (χ3n) is 4.92. The zero-order valence-corrected chi connectivity index (χ0v) is 12.4. The van der Waals surface area contributed by atoms with E-state index in [1.54, 1.807) is 0 Å². The van der Waals surface area contributed by atoms with Crippen LogP contribution >= 0.6 is 0 Å². The molecule has 0 bridgehead atoms. The van der Waals surface area contributed by atoms with Gasteiger partial charge < -0.3 is 15.0 Å². The van der Waals surface area contributed by atoms with E-state index in [0.717, 1.165) is 45.6 Å². The molecule has 5 nitrogen and oxygen atoms in total. The summed E-state index contributed by atoms with van der Waals surface area (Å²) in [6.45, 7) is 6.36. The lowest BCUT2D eigenvalue weighted by Crippen LogP contribution is -2.56. The Kier molecular flexibility index (Phi) is 4.91. The van der Waals surface area contributed by atoms with Crippen molar-refractivity contribution in [2.75, 3.05) is 45.9 Å². The highest BCUT2D eigenvalue weighted by molar-refractivity contribution is 5.77. The first-order valence-corrected chi connectivity index (χ1v) is 8.17. The van der Waals surface area contributed by atoms with E-state index in [0.29, 0.717) is 6.04 Å². The standard InChI is InChI=1S/C15H27N3O2/c19-15(12-20-14-4-6-16-7-5-14)18-10-9-17-8-2-1-3-13(17)11-18/h13-14,16H,1-12H2. The quantitative estimate of drug-likeness (QED) is 0.816. The van der Waals surface area contributed by atoms with Crippen LogP contribution in [-0.4, -0.2) is 73.7 Å². The second kappa shape index (κ2) is 6.87. The molecule has 0 spiro atoms. The summed E-state index contributed by atoms with van der Waals surface area (Å²) in [5.74, 6) is 0.189. The van der Waals surface area contributed by atoms with E-state index < -0.39 is 0 Å². The molecule has 5 heteroatoms. The smallest absolute Gasteiger partial charge is 0.248 e. The fourth-order valence-electron chi connectivity index (χ4n) is 3.63. The molecule has 3 aliphatic heterocycles. The van der Waals surface area contributed by atoms with Gasteiger partial charge in [0, 0.05) is 25.7 Å². The SMILES string of the molecule is O=C(COC1CCNCC1)N1CCN2CCCCC2C1. The van der Waals surface area contributed by atoms with Gasteiger partial charge in [-0.15, -0.1) is 0 Å². The summed E-state index contributed by atoms with van der Waals surface area (Å²) in [5, 5.41) is 3.32. The molecule has 0 radical (unpaired) electrons. The summed E-state index contributed by atoms with van der Waals surface area (Å²) in [6.07, 6.45) is 6.22. The highest BCUT2D eigenvalue weighted by Crippen LogP contribution is 2.21. The van der Waals surface area contributed by atoms with Gasteiger partial charge in [-0.25, -0.2) is 0 Å². The summed E-state index contributed by atoms with van der Waals surface area (Å²) < 4.78 is 5.79. The Bertz CT molecular complexity index is 331. The lowest BCUT2D eigenvalue weighted by Gasteiger charge is -2.44. The van der Waals surface area contributed by atoms with Crippen LogP contribution in [0.4, 0.5) is 0 Å². The van der Waals surface area contributed by atoms with Crippen molar-refractivity contribution in [2.24, 2.45) is 0 Å². The Morgan fingerprint density at radius 3 is 2.80 bits per heavy atom. The maximum Gasteiger partial charge on any atom is 0.248 e. The normalized spacial score (nSPS) is 29.2. The fourth-order valence-corrected chi connectivity index (χ4v) is 3.63. The van der Waals surface area contributed by atoms with Crippen LogP contribution in [0.15, 0.2) is 0 Å². The molecule has 1 amide bonds. The monoisotopic (exact) mass is 281 g/mol. The number of rotatable bonds is 3. The zero-order chi connectivity index (χ0) is 13.8. The minimum Gasteiger partial charge on any atom is -0.368 e. The summed E-state index contributed by atoms with van der Waals surface area (Å²) >= 11 is 0. The maximum atomic E-state index is 12.3. The van der Waals surface area contributed by atoms with E-state index in [4.69, 9.17) is 4.74 Å². The molecular formula is C15H27N3O2. The molecule has 0 aromatic carbocycles. The first-order chi connectivity index (χ1) is 9.83. The van der Waals surface area contributed by atoms with E-state index >= 15 is 0 Å². The molecule has 1 atom stereocenters. The van der Waals surface area contributed by atoms with Gasteiger partial charge in [0.05, 0.1) is 6.10 Å². The van der Waals surface area contributed by atoms with Crippen molar-refractivity contribution in [2.45, 2.75) is 44.2 Å². The van der Waals surface area contributed by atoms with Gasteiger partial charge >= 0.3 is 0 Å². The number of nitrogens with one attached hydrogen (secondary N) is 1. The van der Waals surface area contributed by atoms with Gasteiger partial charge in [0.1, 0.15) is 6.61 Å². The van der Waals surface area contributed by atoms with E-state index in [1.807, 2.05) is 4.90 Å². The molecule has 1 unspecified atom stereocenters. The minimum absolute atomic E-state index is 0.189. The van der Waals surface area contributed by atoms with Gasteiger partial charge in [-0.1, -0.05) is 6.42 Å². The highest BCUT2D eigenvalue weighted by Gasteiger charge is 2.31. The van der Waals surface area contributed by atoms with Crippen molar-refractivity contribution in [1.29, 1.82) is 0 Å². The van der Waals surface area contributed by atoms with Crippen LogP contribution in [0.5, 0.6) is 0 Å². The minimum atomic E-state index is 0.189. The molecule has 3 heterocycles. The molecule has 20 heavy (non-hydrogen) atoms. The predicted octanol–water partition coefficient (Wildman–Crippen LogP) is 0.452. The molecule has 3 saturated heterocycles. The lowest BCUT2D eigenvalue weighted by atomic mass is 9.99. The number of ether oxygens (including phenoxy) is 1. The second-order valence-corrected chi connectivity index (χ2v) is 6.29. The Hall–Kier alpha value is -0.650. The van der Waals surface area contributed by atoms with E-state index in [-0.39, 0.29) is 18.6 Å². The van der Waals surface area contributed by atoms with Crippen LogP contribution in [0, 0.1) is 0 Å². The summed E-state index contributed by atoms with van der Waals surface area (Å²) in [5.41, 5.74) is 0. The van der Waals surface area contributed by atoms with Gasteiger partial charge in [-0.3, -0.25) is 9.69 Å². The second-order valence-electron chi connectivity index (χ2n) is 6.29. The van der Waals surface area contributed by atoms with Gasteiger partial charge in [0.2, 0.25) is 5.91 Å². The van der Waals surface area contributed by atoms with Crippen LogP contribution in [0.3, 0.4) is 0 Å². The van der Waals surface area contributed by atoms with E-state index in [1.165, 1.54) is 25.8 Å². The van der Waals surface area contributed by atoms with Gasteiger partial charge in [-0.2, -0.15) is 0 Å². The van der Waals surface area contributed by atoms with Crippen LogP contribution in [0.25, 0.3) is 0 Å². The van der Waals surface area contributed by atoms with Crippen LogP contribution in [0.2, 0.25) is 0 Å². The van der Waals surface area contributed by atoms with E-state index in [9.17, 15) is 4.79 Å². The number of piperazine rings is 1. The zero-order valence-electron chi connectivity index (χ0n) is 12.4. The topological polar surface area (TPSA) is 44.8 Å². The molecule has 3 aliphatic rings. The lowest BCUT2D eigenvalue weighted by molar-refractivity contribution is -0.142. The molecule has 3 fully saturated rings. The van der Waals surface area contributed by atoms with Crippen molar-refractivity contribution >= 4 is 5.91 Å². The average Bonchev–Trinajstić information content (AvgIpc) is 2.53. The van der Waals surface area contributed by atoms with Crippen molar-refractivity contribution in [3.8, 4) is 0 Å². The van der Waals surface area contributed by atoms with Crippen molar-refractivity contribution in [3.05, 3.63) is 0 Å². The third kappa shape index (κ3) is 3.51. The molecule has 3 rings (SSSR count). The molecule has 0 aliphatic carbocycles. The summed E-state index contributed by atoms with van der Waals surface area (Å²) in [6, 6.07) is 0.598. The fraction of sp³-hybridized carbons (Fsp3) is 0.933. The van der Waals surface area contributed by atoms with Crippen LogP contribution in [0.1, 0.15) is 32.1 Å². The Balaban J connectivity index is 1.42. The van der Waals surface area contributed by atoms with Crippen LogP contribution < -0.4 is 5.32 Å². The van der Waals surface area contributed by atoms with Crippen molar-refractivity contribution < 1.29 is 9.53 Å². The maximum absolute atomic E-state index is 12.3. The molecular weight excluding hydrogens is 254 g/mol. The Morgan fingerprint density at radius 2 is 1.95 bits per heavy atom. The van der Waals surface area contributed by atoms with Gasteiger partial charge in [-0.05, 0) is 45.3 Å².